The lowest BCUT2D eigenvalue weighted by Crippen LogP contribution is -2.34. The molecule has 138 valence electrons. The van der Waals surface area contributed by atoms with Crippen LogP contribution < -0.4 is 19.5 Å². The van der Waals surface area contributed by atoms with Crippen molar-refractivity contribution in [3.8, 4) is 17.4 Å². The normalized spacial score (nSPS) is 16.3. The number of methoxy groups -OCH3 is 3. The van der Waals surface area contributed by atoms with Gasteiger partial charge in [0.25, 0.3) is 0 Å². The molecule has 3 rings (SSSR count). The van der Waals surface area contributed by atoms with Gasteiger partial charge in [0.1, 0.15) is 17.2 Å². The molecule has 7 nitrogen and oxygen atoms in total. The monoisotopic (exact) mass is 357 g/mol. The number of amides is 2. The fraction of sp³-hybridized carbons (Fsp3) is 0.368. The van der Waals surface area contributed by atoms with E-state index in [0.717, 1.165) is 24.2 Å². The first kappa shape index (κ1) is 17.8. The third-order valence-corrected chi connectivity index (χ3v) is 4.52. The molecule has 1 saturated heterocycles. The highest BCUT2D eigenvalue weighted by Crippen LogP contribution is 2.39. The molecule has 0 bridgehead atoms. The van der Waals surface area contributed by atoms with E-state index in [1.54, 1.807) is 32.5 Å². The Labute approximate surface area is 152 Å². The number of nitrogens with zero attached hydrogens (tertiary/aromatic N) is 2. The van der Waals surface area contributed by atoms with Gasteiger partial charge in [-0.1, -0.05) is 0 Å². The van der Waals surface area contributed by atoms with E-state index >= 15 is 0 Å². The molecule has 2 aromatic rings. The van der Waals surface area contributed by atoms with Gasteiger partial charge in [-0.3, -0.25) is 0 Å². The van der Waals surface area contributed by atoms with Crippen molar-refractivity contribution in [3.63, 3.8) is 0 Å². The summed E-state index contributed by atoms with van der Waals surface area (Å²) >= 11 is 0. The minimum Gasteiger partial charge on any atom is -0.497 e. The van der Waals surface area contributed by atoms with Gasteiger partial charge in [0.2, 0.25) is 5.88 Å². The molecule has 1 N–H and O–H groups in total. The van der Waals surface area contributed by atoms with Crippen molar-refractivity contribution in [2.24, 2.45) is 0 Å². The second kappa shape index (κ2) is 7.95. The number of rotatable bonds is 5. The number of carbonyl (C=O) groups excluding carboxylic acids is 1. The third kappa shape index (κ3) is 3.51. The molecular formula is C19H23N3O4. The zero-order valence-corrected chi connectivity index (χ0v) is 15.2. The molecule has 1 aromatic carbocycles. The predicted molar refractivity (Wildman–Crippen MR) is 98.0 cm³/mol. The lowest BCUT2D eigenvalue weighted by atomic mass is 10.0. The summed E-state index contributed by atoms with van der Waals surface area (Å²) < 4.78 is 16.0. The molecule has 1 fully saturated rings. The van der Waals surface area contributed by atoms with Gasteiger partial charge in [-0.2, -0.15) is 0 Å². The van der Waals surface area contributed by atoms with Crippen LogP contribution in [-0.2, 0) is 0 Å². The van der Waals surface area contributed by atoms with Crippen LogP contribution >= 0.6 is 0 Å². The number of nitrogens with one attached hydrogen (secondary N) is 1. The smallest absolute Gasteiger partial charge is 0.322 e. The summed E-state index contributed by atoms with van der Waals surface area (Å²) in [5, 5.41) is 2.90. The van der Waals surface area contributed by atoms with Gasteiger partial charge in [0, 0.05) is 24.4 Å². The van der Waals surface area contributed by atoms with Gasteiger partial charge in [0.05, 0.1) is 27.4 Å². The summed E-state index contributed by atoms with van der Waals surface area (Å²) in [6.45, 7) is 0.675. The molecule has 1 aliphatic heterocycles. The zero-order valence-electron chi connectivity index (χ0n) is 15.2. The minimum atomic E-state index is -0.184. The number of pyridine rings is 1. The largest absolute Gasteiger partial charge is 0.497 e. The Kier molecular flexibility index (Phi) is 5.46. The van der Waals surface area contributed by atoms with Gasteiger partial charge < -0.3 is 24.4 Å². The van der Waals surface area contributed by atoms with Crippen LogP contribution in [0.2, 0.25) is 0 Å². The maximum Gasteiger partial charge on any atom is 0.322 e. The van der Waals surface area contributed by atoms with Crippen LogP contribution in [0.5, 0.6) is 17.4 Å². The highest BCUT2D eigenvalue weighted by Gasteiger charge is 2.32. The third-order valence-electron chi connectivity index (χ3n) is 4.52. The zero-order chi connectivity index (χ0) is 18.5. The van der Waals surface area contributed by atoms with Crippen LogP contribution in [0.15, 0.2) is 36.5 Å². The molecule has 26 heavy (non-hydrogen) atoms. The van der Waals surface area contributed by atoms with Gasteiger partial charge in [-0.15, -0.1) is 0 Å². The molecule has 0 radical (unpaired) electrons. The second-order valence-corrected chi connectivity index (χ2v) is 5.95. The number of hydrogen-bond donors (Lipinski definition) is 1. The summed E-state index contributed by atoms with van der Waals surface area (Å²) in [6.07, 6.45) is 3.42. The van der Waals surface area contributed by atoms with Crippen LogP contribution in [0.3, 0.4) is 0 Å². The molecule has 1 unspecified atom stereocenters. The van der Waals surface area contributed by atoms with Crippen molar-refractivity contribution < 1.29 is 19.0 Å². The Morgan fingerprint density at radius 3 is 2.77 bits per heavy atom. The Balaban J connectivity index is 1.83. The molecule has 0 saturated carbocycles. The Bertz CT molecular complexity index is 781. The molecule has 1 aliphatic rings. The van der Waals surface area contributed by atoms with E-state index in [1.165, 1.54) is 7.11 Å². The quantitative estimate of drug-likeness (QED) is 0.887. The van der Waals surface area contributed by atoms with E-state index < -0.39 is 0 Å². The molecular weight excluding hydrogens is 334 g/mol. The number of ether oxygens (including phenoxy) is 3. The van der Waals surface area contributed by atoms with Crippen molar-refractivity contribution in [2.45, 2.75) is 18.9 Å². The van der Waals surface area contributed by atoms with E-state index in [1.807, 2.05) is 23.1 Å². The number of aromatic nitrogens is 1. The average Bonchev–Trinajstić information content (AvgIpc) is 3.17. The van der Waals surface area contributed by atoms with Gasteiger partial charge >= 0.3 is 6.03 Å². The number of hydrogen-bond acceptors (Lipinski definition) is 5. The Morgan fingerprint density at radius 1 is 1.19 bits per heavy atom. The van der Waals surface area contributed by atoms with Crippen LogP contribution in [0.1, 0.15) is 24.4 Å². The fourth-order valence-electron chi connectivity index (χ4n) is 3.26. The first-order valence-electron chi connectivity index (χ1n) is 8.46. The van der Waals surface area contributed by atoms with E-state index in [-0.39, 0.29) is 12.1 Å². The summed E-state index contributed by atoms with van der Waals surface area (Å²) in [4.78, 5) is 18.8. The van der Waals surface area contributed by atoms with Crippen molar-refractivity contribution in [1.82, 2.24) is 9.88 Å². The minimum absolute atomic E-state index is 0.0569. The van der Waals surface area contributed by atoms with Crippen molar-refractivity contribution >= 4 is 11.7 Å². The summed E-state index contributed by atoms with van der Waals surface area (Å²) in [5.74, 6) is 1.83. The maximum absolute atomic E-state index is 12.9. The van der Waals surface area contributed by atoms with E-state index in [2.05, 4.69) is 10.3 Å². The standard InChI is InChI=1S/C19H23N3O4/c1-24-13-8-9-14(17(12-13)25-2)16-7-5-11-22(16)19(23)21-15-6-4-10-20-18(15)26-3/h4,6,8-10,12,16H,5,7,11H2,1-3H3,(H,21,23). The molecule has 2 amide bonds. The highest BCUT2D eigenvalue weighted by atomic mass is 16.5. The molecule has 7 heteroatoms. The number of benzene rings is 1. The average molecular weight is 357 g/mol. The van der Waals surface area contributed by atoms with Crippen LogP contribution in [0, 0.1) is 0 Å². The fourth-order valence-corrected chi connectivity index (χ4v) is 3.26. The predicted octanol–water partition coefficient (Wildman–Crippen LogP) is 3.48. The van der Waals surface area contributed by atoms with Gasteiger partial charge in [-0.25, -0.2) is 9.78 Å². The molecule has 2 heterocycles. The number of anilines is 1. The first-order chi connectivity index (χ1) is 12.7. The highest BCUT2D eigenvalue weighted by molar-refractivity contribution is 5.91. The summed E-state index contributed by atoms with van der Waals surface area (Å²) in [7, 11) is 4.77. The van der Waals surface area contributed by atoms with E-state index in [0.29, 0.717) is 23.9 Å². The van der Waals surface area contributed by atoms with Crippen LogP contribution in [0.4, 0.5) is 10.5 Å². The SMILES string of the molecule is COc1ccc(C2CCCN2C(=O)Nc2cccnc2OC)c(OC)c1. The summed E-state index contributed by atoms with van der Waals surface area (Å²) in [5.41, 5.74) is 1.52. The number of likely N-dealkylation sites (tertiary alicyclic amines) is 1. The van der Waals surface area contributed by atoms with Crippen molar-refractivity contribution in [2.75, 3.05) is 33.2 Å². The molecule has 1 atom stereocenters. The van der Waals surface area contributed by atoms with Crippen LogP contribution in [-0.4, -0.2) is 43.8 Å². The molecule has 0 spiro atoms. The number of carbonyl (C=O) groups is 1. The second-order valence-electron chi connectivity index (χ2n) is 5.95. The van der Waals surface area contributed by atoms with Crippen molar-refractivity contribution in [3.05, 3.63) is 42.1 Å². The van der Waals surface area contributed by atoms with Gasteiger partial charge in [-0.05, 0) is 37.1 Å². The van der Waals surface area contributed by atoms with E-state index in [4.69, 9.17) is 14.2 Å². The van der Waals surface area contributed by atoms with E-state index in [9.17, 15) is 4.79 Å². The maximum atomic E-state index is 12.9. The Morgan fingerprint density at radius 2 is 2.04 bits per heavy atom. The number of urea groups is 1. The summed E-state index contributed by atoms with van der Waals surface area (Å²) in [6, 6.07) is 8.97. The Hall–Kier alpha value is -2.96. The molecule has 1 aromatic heterocycles. The first-order valence-corrected chi connectivity index (χ1v) is 8.46. The van der Waals surface area contributed by atoms with Gasteiger partial charge in [0.15, 0.2) is 0 Å². The molecule has 0 aliphatic carbocycles. The van der Waals surface area contributed by atoms with Crippen molar-refractivity contribution in [1.29, 1.82) is 0 Å². The lowest BCUT2D eigenvalue weighted by molar-refractivity contribution is 0.206. The topological polar surface area (TPSA) is 72.9 Å². The lowest BCUT2D eigenvalue weighted by Gasteiger charge is -2.27. The van der Waals surface area contributed by atoms with Crippen LogP contribution in [0.25, 0.3) is 0 Å².